The second kappa shape index (κ2) is 5.09. The van der Waals surface area contributed by atoms with Gasteiger partial charge >= 0.3 is 0 Å². The van der Waals surface area contributed by atoms with Gasteiger partial charge < -0.3 is 0 Å². The Labute approximate surface area is 120 Å². The molecule has 0 aliphatic heterocycles. The third kappa shape index (κ3) is 2.21. The van der Waals surface area contributed by atoms with Gasteiger partial charge in [0.15, 0.2) is 5.78 Å². The average molecular weight is 282 g/mol. The predicted molar refractivity (Wildman–Crippen MR) is 78.5 cm³/mol. The topological polar surface area (TPSA) is 17.1 Å². The van der Waals surface area contributed by atoms with Crippen LogP contribution in [0.4, 0.5) is 8.78 Å². The normalized spacial score (nSPS) is 10.8. The van der Waals surface area contributed by atoms with E-state index in [1.807, 2.05) is 18.2 Å². The Kier molecular flexibility index (Phi) is 3.26. The number of carbonyl (C=O) groups is 1. The lowest BCUT2D eigenvalue weighted by molar-refractivity contribution is 0.103. The van der Waals surface area contributed by atoms with Crippen LogP contribution in [0.15, 0.2) is 54.6 Å². The zero-order valence-corrected chi connectivity index (χ0v) is 11.4. The lowest BCUT2D eigenvalue weighted by Gasteiger charge is -2.10. The van der Waals surface area contributed by atoms with Gasteiger partial charge in [-0.3, -0.25) is 4.79 Å². The molecule has 3 aromatic carbocycles. The van der Waals surface area contributed by atoms with Crippen molar-refractivity contribution in [3.8, 4) is 0 Å². The maximum atomic E-state index is 13.9. The van der Waals surface area contributed by atoms with E-state index >= 15 is 0 Å². The highest BCUT2D eigenvalue weighted by Gasteiger charge is 2.22. The maximum Gasteiger partial charge on any atom is 0.199 e. The summed E-state index contributed by atoms with van der Waals surface area (Å²) in [4.78, 5) is 12.6. The van der Waals surface area contributed by atoms with Crippen molar-refractivity contribution in [2.45, 2.75) is 6.92 Å². The van der Waals surface area contributed by atoms with Gasteiger partial charge in [-0.25, -0.2) is 8.78 Å². The molecule has 0 aliphatic carbocycles. The first kappa shape index (κ1) is 13.4. The third-order valence-electron chi connectivity index (χ3n) is 3.55. The summed E-state index contributed by atoms with van der Waals surface area (Å²) >= 11 is 0. The molecule has 0 heterocycles. The van der Waals surface area contributed by atoms with E-state index in [-0.39, 0.29) is 0 Å². The number of rotatable bonds is 2. The molecule has 0 aliphatic rings. The smallest absolute Gasteiger partial charge is 0.199 e. The highest BCUT2D eigenvalue weighted by atomic mass is 19.1. The lowest BCUT2D eigenvalue weighted by atomic mass is 9.93. The number of aryl methyl sites for hydroxylation is 1. The molecule has 0 saturated heterocycles. The number of hydrogen-bond donors (Lipinski definition) is 0. The molecule has 3 heteroatoms. The molecule has 3 aromatic rings. The number of ketones is 1. The van der Waals surface area contributed by atoms with E-state index in [9.17, 15) is 13.6 Å². The van der Waals surface area contributed by atoms with Crippen LogP contribution >= 0.6 is 0 Å². The van der Waals surface area contributed by atoms with Crippen molar-refractivity contribution in [3.05, 3.63) is 82.9 Å². The fourth-order valence-electron chi connectivity index (χ4n) is 2.52. The highest BCUT2D eigenvalue weighted by molar-refractivity contribution is 6.17. The Hall–Kier alpha value is -2.55. The van der Waals surface area contributed by atoms with Gasteiger partial charge in [0.1, 0.15) is 11.6 Å². The van der Waals surface area contributed by atoms with Crippen molar-refractivity contribution in [2.24, 2.45) is 0 Å². The first-order valence-electron chi connectivity index (χ1n) is 6.56. The molecule has 0 amide bonds. The van der Waals surface area contributed by atoms with Gasteiger partial charge in [-0.15, -0.1) is 0 Å². The van der Waals surface area contributed by atoms with Crippen LogP contribution in [-0.2, 0) is 0 Å². The van der Waals surface area contributed by atoms with E-state index < -0.39 is 23.0 Å². The van der Waals surface area contributed by atoms with Crippen LogP contribution in [-0.4, -0.2) is 5.78 Å². The molecule has 0 bridgehead atoms. The molecular weight excluding hydrogens is 270 g/mol. The minimum Gasteiger partial charge on any atom is -0.288 e. The van der Waals surface area contributed by atoms with Gasteiger partial charge in [0, 0.05) is 5.56 Å². The molecule has 21 heavy (non-hydrogen) atoms. The van der Waals surface area contributed by atoms with E-state index in [1.165, 1.54) is 6.07 Å². The molecule has 0 radical (unpaired) electrons. The molecular formula is C18H12F2O. The lowest BCUT2D eigenvalue weighted by Crippen LogP contribution is -2.09. The van der Waals surface area contributed by atoms with Crippen molar-refractivity contribution in [1.82, 2.24) is 0 Å². The summed E-state index contributed by atoms with van der Waals surface area (Å²) in [6, 6.07) is 14.4. The van der Waals surface area contributed by atoms with E-state index in [0.717, 1.165) is 17.5 Å². The van der Waals surface area contributed by atoms with Crippen molar-refractivity contribution < 1.29 is 13.6 Å². The quantitative estimate of drug-likeness (QED) is 0.625. The van der Waals surface area contributed by atoms with Crippen LogP contribution in [0.3, 0.4) is 0 Å². The Morgan fingerprint density at radius 3 is 2.19 bits per heavy atom. The number of hydrogen-bond acceptors (Lipinski definition) is 1. The number of carbonyl (C=O) groups excluding carboxylic acids is 1. The van der Waals surface area contributed by atoms with Crippen LogP contribution < -0.4 is 0 Å². The second-order valence-corrected chi connectivity index (χ2v) is 4.90. The number of fused-ring (bicyclic) bond motifs is 1. The van der Waals surface area contributed by atoms with Gasteiger partial charge in [0.25, 0.3) is 0 Å². The summed E-state index contributed by atoms with van der Waals surface area (Å²) in [5, 5.41) is 1.56. The van der Waals surface area contributed by atoms with E-state index in [0.29, 0.717) is 16.5 Å². The number of halogens is 2. The molecule has 0 saturated carbocycles. The Bertz CT molecular complexity index is 833. The average Bonchev–Trinajstić information content (AvgIpc) is 2.46. The molecule has 1 nitrogen and oxygen atoms in total. The zero-order valence-electron chi connectivity index (χ0n) is 11.4. The van der Waals surface area contributed by atoms with Gasteiger partial charge in [-0.05, 0) is 35.4 Å². The fourth-order valence-corrected chi connectivity index (χ4v) is 2.52. The summed E-state index contributed by atoms with van der Waals surface area (Å²) in [5.41, 5.74) is 0.537. The van der Waals surface area contributed by atoms with E-state index in [2.05, 4.69) is 0 Å². The van der Waals surface area contributed by atoms with E-state index in [1.54, 1.807) is 25.1 Å². The molecule has 3 rings (SSSR count). The predicted octanol–water partition coefficient (Wildman–Crippen LogP) is 4.66. The summed E-state index contributed by atoms with van der Waals surface area (Å²) in [7, 11) is 0. The first-order valence-corrected chi connectivity index (χ1v) is 6.56. The minimum atomic E-state index is -0.840. The van der Waals surface area contributed by atoms with Crippen LogP contribution in [0, 0.1) is 18.6 Å². The molecule has 0 atom stereocenters. The van der Waals surface area contributed by atoms with Crippen molar-refractivity contribution >= 4 is 16.6 Å². The first-order chi connectivity index (χ1) is 10.1. The fraction of sp³-hybridized carbons (Fsp3) is 0.0556. The van der Waals surface area contributed by atoms with Crippen LogP contribution in [0.5, 0.6) is 0 Å². The largest absolute Gasteiger partial charge is 0.288 e. The van der Waals surface area contributed by atoms with E-state index in [4.69, 9.17) is 0 Å². The van der Waals surface area contributed by atoms with Crippen molar-refractivity contribution in [3.63, 3.8) is 0 Å². The SMILES string of the molecule is Cc1ccc2ccccc2c1C(=O)c1c(F)cccc1F. The van der Waals surface area contributed by atoms with Gasteiger partial charge in [0.2, 0.25) is 0 Å². The van der Waals surface area contributed by atoms with Crippen LogP contribution in [0.25, 0.3) is 10.8 Å². The van der Waals surface area contributed by atoms with Crippen molar-refractivity contribution in [1.29, 1.82) is 0 Å². The highest BCUT2D eigenvalue weighted by Crippen LogP contribution is 2.26. The summed E-state index contributed by atoms with van der Waals surface area (Å²) in [5.74, 6) is -2.31. The Balaban J connectivity index is 2.30. The molecule has 0 unspecified atom stereocenters. The van der Waals surface area contributed by atoms with Gasteiger partial charge in [-0.2, -0.15) is 0 Å². The van der Waals surface area contributed by atoms with Gasteiger partial charge in [0.05, 0.1) is 5.56 Å². The molecule has 0 N–H and O–H groups in total. The summed E-state index contributed by atoms with van der Waals surface area (Å²) < 4.78 is 27.7. The standard InChI is InChI=1S/C18H12F2O/c1-11-9-10-12-5-2-3-6-13(12)16(11)18(21)17-14(19)7-4-8-15(17)20/h2-10H,1H3. The third-order valence-corrected chi connectivity index (χ3v) is 3.55. The van der Waals surface area contributed by atoms with Crippen LogP contribution in [0.1, 0.15) is 21.5 Å². The molecule has 0 aromatic heterocycles. The minimum absolute atomic E-state index is 0.345. The van der Waals surface area contributed by atoms with Crippen LogP contribution in [0.2, 0.25) is 0 Å². The van der Waals surface area contributed by atoms with Crippen molar-refractivity contribution in [2.75, 3.05) is 0 Å². The second-order valence-electron chi connectivity index (χ2n) is 4.90. The Morgan fingerprint density at radius 1 is 0.810 bits per heavy atom. The summed E-state index contributed by atoms with van der Waals surface area (Å²) in [6.45, 7) is 1.76. The monoisotopic (exact) mass is 282 g/mol. The number of benzene rings is 3. The summed E-state index contributed by atoms with van der Waals surface area (Å²) in [6.07, 6.45) is 0. The molecule has 0 spiro atoms. The Morgan fingerprint density at radius 2 is 1.48 bits per heavy atom. The molecule has 104 valence electrons. The molecule has 0 fully saturated rings. The van der Waals surface area contributed by atoms with Gasteiger partial charge in [-0.1, -0.05) is 42.5 Å². The zero-order chi connectivity index (χ0) is 15.0. The maximum absolute atomic E-state index is 13.9.